The maximum Gasteiger partial charge on any atom is 0.497 e. The van der Waals surface area contributed by atoms with Crippen LogP contribution in [0.3, 0.4) is 0 Å². The minimum atomic E-state index is -0.626. The zero-order chi connectivity index (χ0) is 28.6. The summed E-state index contributed by atoms with van der Waals surface area (Å²) in [4.78, 5) is 13.4. The molecule has 0 spiro atoms. The maximum atomic E-state index is 14.1. The smallest absolute Gasteiger partial charge is 0.399 e. The quantitative estimate of drug-likeness (QED) is 0.296. The van der Waals surface area contributed by atoms with Crippen molar-refractivity contribution in [3.63, 3.8) is 0 Å². The molecular formula is C31H37BFN3O4. The van der Waals surface area contributed by atoms with Crippen LogP contribution in [0.5, 0.6) is 0 Å². The van der Waals surface area contributed by atoms with Gasteiger partial charge in [-0.25, -0.2) is 4.39 Å². The second-order valence-electron chi connectivity index (χ2n) is 13.1. The fourth-order valence-electron chi connectivity index (χ4n) is 5.78. The van der Waals surface area contributed by atoms with Crippen LogP contribution in [0.1, 0.15) is 77.7 Å². The summed E-state index contributed by atoms with van der Waals surface area (Å²) < 4.78 is 36.9. The van der Waals surface area contributed by atoms with Crippen LogP contribution in [-0.2, 0) is 14.0 Å². The summed E-state index contributed by atoms with van der Waals surface area (Å²) in [6.07, 6.45) is 3.43. The molecule has 4 heterocycles. The van der Waals surface area contributed by atoms with E-state index in [0.717, 1.165) is 51.5 Å². The predicted molar refractivity (Wildman–Crippen MR) is 155 cm³/mol. The van der Waals surface area contributed by atoms with E-state index in [4.69, 9.17) is 14.0 Å². The molecule has 0 radical (unpaired) electrons. The molecule has 9 heteroatoms. The highest BCUT2D eigenvalue weighted by Crippen LogP contribution is 2.41. The highest BCUT2D eigenvalue weighted by molar-refractivity contribution is 6.66. The summed E-state index contributed by atoms with van der Waals surface area (Å²) in [7, 11) is -0.626. The summed E-state index contributed by atoms with van der Waals surface area (Å²) in [5.41, 5.74) is 2.88. The lowest BCUT2D eigenvalue weighted by Crippen LogP contribution is -2.41. The predicted octanol–water partition coefficient (Wildman–Crippen LogP) is 6.00. The van der Waals surface area contributed by atoms with Gasteiger partial charge in [-0.2, -0.15) is 9.78 Å². The minimum Gasteiger partial charge on any atom is -0.399 e. The largest absolute Gasteiger partial charge is 0.497 e. The minimum absolute atomic E-state index is 0.0818. The number of ether oxygens (including phenoxy) is 1. The molecule has 4 aromatic rings. The van der Waals surface area contributed by atoms with Gasteiger partial charge in [0, 0.05) is 52.2 Å². The highest BCUT2D eigenvalue weighted by atomic mass is 19.1. The van der Waals surface area contributed by atoms with E-state index in [-0.39, 0.29) is 17.6 Å². The molecule has 0 aliphatic carbocycles. The summed E-state index contributed by atoms with van der Waals surface area (Å²) in [5, 5.41) is 6.28. The van der Waals surface area contributed by atoms with Crippen LogP contribution >= 0.6 is 0 Å². The second kappa shape index (κ2) is 9.26. The lowest BCUT2D eigenvalue weighted by Gasteiger charge is -2.32. The van der Waals surface area contributed by atoms with E-state index < -0.39 is 23.7 Å². The van der Waals surface area contributed by atoms with E-state index in [1.807, 2.05) is 39.0 Å². The van der Waals surface area contributed by atoms with Gasteiger partial charge >= 0.3 is 7.12 Å². The van der Waals surface area contributed by atoms with Gasteiger partial charge in [0.1, 0.15) is 5.82 Å². The number of rotatable bonds is 3. The van der Waals surface area contributed by atoms with Gasteiger partial charge in [0.25, 0.3) is 5.91 Å². The van der Waals surface area contributed by atoms with Crippen molar-refractivity contribution in [1.82, 2.24) is 14.3 Å². The van der Waals surface area contributed by atoms with E-state index in [9.17, 15) is 9.18 Å². The first-order valence-corrected chi connectivity index (χ1v) is 14.1. The summed E-state index contributed by atoms with van der Waals surface area (Å²) in [6.45, 7) is 15.2. The topological polar surface area (TPSA) is 67.5 Å². The number of aromatic nitrogens is 3. The monoisotopic (exact) mass is 545 g/mol. The van der Waals surface area contributed by atoms with Gasteiger partial charge in [-0.3, -0.25) is 4.79 Å². The van der Waals surface area contributed by atoms with Crippen LogP contribution in [0.25, 0.3) is 27.5 Å². The first-order chi connectivity index (χ1) is 18.8. The van der Waals surface area contributed by atoms with Gasteiger partial charge in [0.05, 0.1) is 28.4 Å². The molecule has 2 fully saturated rings. The Kier molecular flexibility index (Phi) is 6.29. The van der Waals surface area contributed by atoms with E-state index in [1.165, 1.54) is 16.8 Å². The molecular weight excluding hydrogens is 508 g/mol. The zero-order valence-corrected chi connectivity index (χ0v) is 24.4. The van der Waals surface area contributed by atoms with Gasteiger partial charge < -0.3 is 18.6 Å². The van der Waals surface area contributed by atoms with Crippen LogP contribution in [0.4, 0.5) is 4.39 Å². The fraction of sp³-hybridized carbons (Fsp3) is 0.484. The molecule has 2 aliphatic rings. The van der Waals surface area contributed by atoms with E-state index in [1.54, 1.807) is 6.20 Å². The molecule has 2 saturated heterocycles. The molecule has 0 unspecified atom stereocenters. The molecule has 0 N–H and O–H groups in total. The Labute approximate surface area is 234 Å². The number of fused-ring (bicyclic) bond motifs is 2. The lowest BCUT2D eigenvalue weighted by atomic mass is 9.73. The van der Waals surface area contributed by atoms with Crippen LogP contribution < -0.4 is 5.46 Å². The number of halogens is 1. The number of hydrogen-bond acceptors (Lipinski definition) is 5. The Morgan fingerprint density at radius 3 is 2.23 bits per heavy atom. The second-order valence-corrected chi connectivity index (χ2v) is 13.1. The van der Waals surface area contributed by atoms with Crippen LogP contribution in [0.15, 0.2) is 42.6 Å². The van der Waals surface area contributed by atoms with Crippen LogP contribution in [0.2, 0.25) is 0 Å². The van der Waals surface area contributed by atoms with Gasteiger partial charge in [0.2, 0.25) is 0 Å². The normalized spacial score (nSPS) is 19.6. The molecule has 7 nitrogen and oxygen atoms in total. The number of hydrogen-bond donors (Lipinski definition) is 0. The fourth-order valence-corrected chi connectivity index (χ4v) is 5.78. The Hall–Kier alpha value is -3.01. The molecule has 0 atom stereocenters. The summed E-state index contributed by atoms with van der Waals surface area (Å²) >= 11 is 0. The van der Waals surface area contributed by atoms with Crippen molar-refractivity contribution in [2.75, 3.05) is 13.2 Å². The Bertz CT molecular complexity index is 1590. The molecule has 2 aromatic carbocycles. The Morgan fingerprint density at radius 2 is 1.62 bits per heavy atom. The molecule has 40 heavy (non-hydrogen) atoms. The summed E-state index contributed by atoms with van der Waals surface area (Å²) in [5.74, 6) is -0.193. The molecule has 2 aliphatic heterocycles. The number of carbonyl (C=O) groups excluding carboxylic acids is 1. The molecule has 6 rings (SSSR count). The van der Waals surface area contributed by atoms with Gasteiger partial charge in [-0.15, -0.1) is 0 Å². The number of benzene rings is 2. The average molecular weight is 545 g/mol. The standard InChI is InChI=1S/C31H37BFN3O4/c1-29(2,3)28(37)36-24-17-23-25(16-20(24)18-34-36)35(22-10-8-21(33)9-11-22)27(19-12-14-38-15-13-19)26(23)32-39-30(4,5)31(6,7)40-32/h8-11,16-19H,12-15H2,1-7H3. The van der Waals surface area contributed by atoms with Gasteiger partial charge in [-0.1, -0.05) is 20.8 Å². The third kappa shape index (κ3) is 4.30. The third-order valence-corrected chi connectivity index (χ3v) is 8.75. The molecule has 0 saturated carbocycles. The molecule has 0 amide bonds. The van der Waals surface area contributed by atoms with Gasteiger partial charge in [-0.05, 0) is 76.9 Å². The van der Waals surface area contributed by atoms with Crippen LogP contribution in [0, 0.1) is 11.2 Å². The van der Waals surface area contributed by atoms with Crippen molar-refractivity contribution >= 4 is 40.3 Å². The lowest BCUT2D eigenvalue weighted by molar-refractivity contribution is 0.00578. The van der Waals surface area contributed by atoms with Crippen molar-refractivity contribution in [1.29, 1.82) is 0 Å². The number of carbonyl (C=O) groups is 1. The van der Waals surface area contributed by atoms with Crippen molar-refractivity contribution in [3.8, 4) is 5.69 Å². The zero-order valence-electron chi connectivity index (χ0n) is 24.4. The molecule has 210 valence electrons. The molecule has 2 aromatic heterocycles. The Balaban J connectivity index is 1.70. The van der Waals surface area contributed by atoms with E-state index in [2.05, 4.69) is 43.4 Å². The average Bonchev–Trinajstić information content (AvgIpc) is 3.51. The Morgan fingerprint density at radius 1 is 1.00 bits per heavy atom. The van der Waals surface area contributed by atoms with Crippen molar-refractivity contribution in [2.24, 2.45) is 5.41 Å². The SMILES string of the molecule is CC(C)(C)C(=O)n1ncc2cc3c(cc21)c(B1OC(C)(C)C(C)(C)O1)c(C1CCOCC1)n3-c1ccc(F)cc1. The maximum absolute atomic E-state index is 14.1. The van der Waals surface area contributed by atoms with E-state index >= 15 is 0 Å². The third-order valence-electron chi connectivity index (χ3n) is 8.75. The highest BCUT2D eigenvalue weighted by Gasteiger charge is 2.53. The first kappa shape index (κ1) is 27.2. The van der Waals surface area contributed by atoms with Crippen molar-refractivity contribution in [2.45, 2.75) is 78.4 Å². The first-order valence-electron chi connectivity index (χ1n) is 14.1. The van der Waals surface area contributed by atoms with Gasteiger partial charge in [0.15, 0.2) is 0 Å². The van der Waals surface area contributed by atoms with Crippen LogP contribution in [-0.4, -0.2) is 51.8 Å². The molecule has 0 bridgehead atoms. The van der Waals surface area contributed by atoms with E-state index in [0.29, 0.717) is 13.2 Å². The van der Waals surface area contributed by atoms with Crippen molar-refractivity contribution in [3.05, 3.63) is 54.1 Å². The number of nitrogens with zero attached hydrogens (tertiary/aromatic N) is 3. The summed E-state index contributed by atoms with van der Waals surface area (Å²) in [6, 6.07) is 10.7. The van der Waals surface area contributed by atoms with Crippen molar-refractivity contribution < 1.29 is 23.2 Å².